The van der Waals surface area contributed by atoms with Crippen LogP contribution in [0.2, 0.25) is 0 Å². The number of nitrogens with zero attached hydrogens (tertiary/aromatic N) is 2. The monoisotopic (exact) mass is 239 g/mol. The molecule has 0 aromatic rings. The van der Waals surface area contributed by atoms with Crippen molar-refractivity contribution in [3.63, 3.8) is 0 Å². The molecular weight excluding hydrogens is 210 g/mol. The van der Waals surface area contributed by atoms with Crippen molar-refractivity contribution < 1.29 is 0 Å². The first-order valence-electron chi connectivity index (χ1n) is 6.69. The summed E-state index contributed by atoms with van der Waals surface area (Å²) >= 11 is 0. The van der Waals surface area contributed by atoms with Crippen LogP contribution < -0.4 is 5.73 Å². The lowest BCUT2D eigenvalue weighted by Crippen LogP contribution is -2.34. The van der Waals surface area contributed by atoms with Gasteiger partial charge in [-0.15, -0.1) is 0 Å². The van der Waals surface area contributed by atoms with Gasteiger partial charge in [-0.3, -0.25) is 0 Å². The fourth-order valence-electron chi connectivity index (χ4n) is 1.99. The van der Waals surface area contributed by atoms with Gasteiger partial charge >= 0.3 is 0 Å². The van der Waals surface area contributed by atoms with E-state index in [1.165, 1.54) is 6.42 Å². The Morgan fingerprint density at radius 1 is 1.29 bits per heavy atom. The van der Waals surface area contributed by atoms with Crippen LogP contribution in [0.25, 0.3) is 0 Å². The molecule has 0 rings (SSSR count). The summed E-state index contributed by atoms with van der Waals surface area (Å²) in [5.74, 6) is 0.748. The first-order valence-corrected chi connectivity index (χ1v) is 6.69. The van der Waals surface area contributed by atoms with Gasteiger partial charge < -0.3 is 10.6 Å². The molecule has 3 nitrogen and oxygen atoms in total. The van der Waals surface area contributed by atoms with Crippen LogP contribution in [-0.4, -0.2) is 30.1 Å². The Labute approximate surface area is 107 Å². The van der Waals surface area contributed by atoms with E-state index in [4.69, 9.17) is 11.0 Å². The van der Waals surface area contributed by atoms with Crippen molar-refractivity contribution in [1.29, 1.82) is 5.26 Å². The normalized spacial score (nSPS) is 16.9. The van der Waals surface area contributed by atoms with Crippen LogP contribution in [0.15, 0.2) is 0 Å². The Morgan fingerprint density at radius 2 is 1.88 bits per heavy atom. The summed E-state index contributed by atoms with van der Waals surface area (Å²) in [6, 6.07) is 2.78. The first-order chi connectivity index (χ1) is 7.78. The van der Waals surface area contributed by atoms with Gasteiger partial charge in [0.1, 0.15) is 5.54 Å². The molecule has 3 heteroatoms. The molecule has 0 aromatic carbocycles. The fourth-order valence-corrected chi connectivity index (χ4v) is 1.99. The minimum Gasteiger partial charge on any atom is -0.314 e. The molecule has 2 unspecified atom stereocenters. The number of nitrogens with two attached hydrogens (primary N) is 1. The number of unbranched alkanes of at least 4 members (excludes halogenated alkanes) is 1. The Morgan fingerprint density at radius 3 is 2.35 bits per heavy atom. The Hall–Kier alpha value is -0.590. The summed E-state index contributed by atoms with van der Waals surface area (Å²) in [5, 5.41) is 8.80. The van der Waals surface area contributed by atoms with E-state index in [2.05, 4.69) is 38.8 Å². The quantitative estimate of drug-likeness (QED) is 0.663. The molecule has 0 heterocycles. The van der Waals surface area contributed by atoms with E-state index in [1.807, 2.05) is 0 Å². The van der Waals surface area contributed by atoms with Crippen molar-refractivity contribution in [3.05, 3.63) is 0 Å². The zero-order valence-corrected chi connectivity index (χ0v) is 12.2. The third kappa shape index (κ3) is 8.18. The number of hydrogen-bond acceptors (Lipinski definition) is 3. The van der Waals surface area contributed by atoms with Crippen LogP contribution in [-0.2, 0) is 0 Å². The maximum Gasteiger partial charge on any atom is 0.101 e. The second kappa shape index (κ2) is 7.68. The smallest absolute Gasteiger partial charge is 0.101 e. The highest BCUT2D eigenvalue weighted by atomic mass is 15.1. The van der Waals surface area contributed by atoms with Gasteiger partial charge in [-0.05, 0) is 59.0 Å². The maximum atomic E-state index is 8.80. The van der Waals surface area contributed by atoms with Crippen molar-refractivity contribution in [3.8, 4) is 6.07 Å². The average Bonchev–Trinajstić information content (AvgIpc) is 2.23. The lowest BCUT2D eigenvalue weighted by molar-refractivity contribution is 0.222. The highest BCUT2D eigenvalue weighted by Gasteiger charge is 2.16. The predicted octanol–water partition coefficient (Wildman–Crippen LogP) is 2.76. The molecule has 0 aliphatic heterocycles. The number of rotatable bonds is 8. The summed E-state index contributed by atoms with van der Waals surface area (Å²) in [7, 11) is 2.18. The van der Waals surface area contributed by atoms with Crippen LogP contribution in [0.1, 0.15) is 53.4 Å². The Kier molecular flexibility index (Phi) is 7.41. The second-order valence-electron chi connectivity index (χ2n) is 5.95. The van der Waals surface area contributed by atoms with Gasteiger partial charge in [0, 0.05) is 6.04 Å². The maximum absolute atomic E-state index is 8.80. The zero-order valence-electron chi connectivity index (χ0n) is 12.2. The average molecular weight is 239 g/mol. The number of hydrogen-bond donors (Lipinski definition) is 1. The van der Waals surface area contributed by atoms with Crippen molar-refractivity contribution in [2.45, 2.75) is 65.0 Å². The van der Waals surface area contributed by atoms with Crippen molar-refractivity contribution in [2.75, 3.05) is 13.6 Å². The molecule has 0 aliphatic carbocycles. The number of nitriles is 1. The molecule has 100 valence electrons. The molecule has 0 amide bonds. The van der Waals surface area contributed by atoms with Crippen LogP contribution in [0.5, 0.6) is 0 Å². The lowest BCUT2D eigenvalue weighted by Gasteiger charge is -2.26. The summed E-state index contributed by atoms with van der Waals surface area (Å²) in [5.41, 5.74) is 5.13. The van der Waals surface area contributed by atoms with E-state index in [0.29, 0.717) is 6.04 Å². The standard InChI is InChI=1S/C14H29N3/c1-12(2)10-13(3)17(5)9-7-6-8-14(4,16)11-15/h12-13H,6-10,16H2,1-5H3. The van der Waals surface area contributed by atoms with Gasteiger partial charge in [0.25, 0.3) is 0 Å². The zero-order chi connectivity index (χ0) is 13.5. The minimum absolute atomic E-state index is 0.634. The topological polar surface area (TPSA) is 53.0 Å². The van der Waals surface area contributed by atoms with Gasteiger partial charge in [-0.1, -0.05) is 13.8 Å². The molecule has 0 saturated heterocycles. The van der Waals surface area contributed by atoms with E-state index < -0.39 is 5.54 Å². The van der Waals surface area contributed by atoms with E-state index in [0.717, 1.165) is 31.7 Å². The van der Waals surface area contributed by atoms with Crippen molar-refractivity contribution in [1.82, 2.24) is 4.90 Å². The van der Waals surface area contributed by atoms with E-state index in [9.17, 15) is 0 Å². The van der Waals surface area contributed by atoms with Crippen molar-refractivity contribution >= 4 is 0 Å². The molecule has 0 spiro atoms. The molecule has 0 aromatic heterocycles. The summed E-state index contributed by atoms with van der Waals surface area (Å²) in [6.45, 7) is 9.70. The van der Waals surface area contributed by atoms with E-state index in [1.54, 1.807) is 6.92 Å². The van der Waals surface area contributed by atoms with Gasteiger partial charge in [0.2, 0.25) is 0 Å². The highest BCUT2D eigenvalue weighted by molar-refractivity contribution is 5.00. The minimum atomic E-state index is -0.651. The third-order valence-electron chi connectivity index (χ3n) is 3.28. The predicted molar refractivity (Wildman–Crippen MR) is 73.6 cm³/mol. The molecule has 0 fully saturated rings. The van der Waals surface area contributed by atoms with Gasteiger partial charge in [-0.25, -0.2) is 0 Å². The summed E-state index contributed by atoms with van der Waals surface area (Å²) < 4.78 is 0. The van der Waals surface area contributed by atoms with Gasteiger partial charge in [0.15, 0.2) is 0 Å². The van der Waals surface area contributed by atoms with E-state index >= 15 is 0 Å². The van der Waals surface area contributed by atoms with Crippen LogP contribution >= 0.6 is 0 Å². The molecule has 0 bridgehead atoms. The largest absolute Gasteiger partial charge is 0.314 e. The van der Waals surface area contributed by atoms with Gasteiger partial charge in [0.05, 0.1) is 6.07 Å². The lowest BCUT2D eigenvalue weighted by atomic mass is 9.98. The highest BCUT2D eigenvalue weighted by Crippen LogP contribution is 2.13. The molecule has 2 atom stereocenters. The first kappa shape index (κ1) is 16.4. The Bertz CT molecular complexity index is 240. The molecule has 2 N–H and O–H groups in total. The fraction of sp³-hybridized carbons (Fsp3) is 0.929. The van der Waals surface area contributed by atoms with Crippen molar-refractivity contribution in [2.24, 2.45) is 11.7 Å². The molecular formula is C14H29N3. The van der Waals surface area contributed by atoms with E-state index in [-0.39, 0.29) is 0 Å². The SMILES string of the molecule is CC(C)CC(C)N(C)CCCCC(C)(N)C#N. The molecule has 0 saturated carbocycles. The van der Waals surface area contributed by atoms with Crippen LogP contribution in [0.4, 0.5) is 0 Å². The Balaban J connectivity index is 3.72. The summed E-state index contributed by atoms with van der Waals surface area (Å²) in [6.07, 6.45) is 4.17. The third-order valence-corrected chi connectivity index (χ3v) is 3.28. The molecule has 0 radical (unpaired) electrons. The molecule has 17 heavy (non-hydrogen) atoms. The van der Waals surface area contributed by atoms with Gasteiger partial charge in [-0.2, -0.15) is 5.26 Å². The summed E-state index contributed by atoms with van der Waals surface area (Å²) in [4.78, 5) is 2.40. The van der Waals surface area contributed by atoms with Crippen LogP contribution in [0.3, 0.4) is 0 Å². The van der Waals surface area contributed by atoms with Crippen LogP contribution in [0, 0.1) is 17.2 Å². The molecule has 0 aliphatic rings. The second-order valence-corrected chi connectivity index (χ2v) is 5.95.